The van der Waals surface area contributed by atoms with Crippen molar-refractivity contribution >= 4 is 11.7 Å². The first-order chi connectivity index (χ1) is 16.9. The molecule has 1 aromatic carbocycles. The van der Waals surface area contributed by atoms with E-state index in [1.54, 1.807) is 12.1 Å². The molecule has 1 aliphatic heterocycles. The highest BCUT2D eigenvalue weighted by atomic mass is 19.1. The minimum Gasteiger partial charge on any atom is -0.506 e. The average molecular weight is 484 g/mol. The Morgan fingerprint density at radius 3 is 2.83 bits per heavy atom. The lowest BCUT2D eigenvalue weighted by Crippen LogP contribution is -2.54. The van der Waals surface area contributed by atoms with Gasteiger partial charge in [-0.15, -0.1) is 4.80 Å². The van der Waals surface area contributed by atoms with Gasteiger partial charge in [-0.05, 0) is 24.1 Å². The van der Waals surface area contributed by atoms with Crippen LogP contribution in [0.25, 0.3) is 5.69 Å². The van der Waals surface area contributed by atoms with Gasteiger partial charge in [-0.2, -0.15) is 20.6 Å². The summed E-state index contributed by atoms with van der Waals surface area (Å²) in [4.78, 5) is 15.1. The molecule has 1 amide bonds. The molecular formula is C22H26FN9O3. The number of alkyl halides is 1. The van der Waals surface area contributed by atoms with Gasteiger partial charge < -0.3 is 20.9 Å². The first-order valence-corrected chi connectivity index (χ1v) is 10.9. The molecule has 12 nitrogen and oxygen atoms in total. The van der Waals surface area contributed by atoms with Gasteiger partial charge in [-0.3, -0.25) is 14.4 Å². The summed E-state index contributed by atoms with van der Waals surface area (Å²) in [6.07, 6.45) is 3.12. The Labute approximate surface area is 200 Å². The van der Waals surface area contributed by atoms with Gasteiger partial charge in [-0.25, -0.2) is 4.39 Å². The number of ether oxygens (including phenoxy) is 1. The standard InChI is InChI=1S/C22H26FN9O3/c1-35-14-26-21-16(20(25)34)12-31(29-21)22(4-6-24)5-9-30(13-19(22)23)11-15-2-3-17(18(33)10-15)32-27-7-8-28-32/h2-3,7-8,10,12,19,33H,4-5,9,11,13-14H2,1H3,(H2,25,34)(H,26,29). The molecule has 0 saturated carbocycles. The van der Waals surface area contributed by atoms with E-state index in [-0.39, 0.29) is 43.2 Å². The zero-order valence-corrected chi connectivity index (χ0v) is 19.1. The molecule has 3 aromatic rings. The number of hydrogen-bond donors (Lipinski definition) is 3. The van der Waals surface area contributed by atoms with E-state index in [9.17, 15) is 15.2 Å². The van der Waals surface area contributed by atoms with Crippen LogP contribution in [0.15, 0.2) is 36.8 Å². The number of carbonyl (C=O) groups is 1. The van der Waals surface area contributed by atoms with Crippen LogP contribution in [-0.2, 0) is 16.8 Å². The normalized spacial score (nSPS) is 20.4. The number of carbonyl (C=O) groups excluding carboxylic acids is 1. The number of primary amides is 1. The molecule has 0 radical (unpaired) electrons. The fourth-order valence-corrected chi connectivity index (χ4v) is 4.30. The van der Waals surface area contributed by atoms with E-state index in [1.165, 1.54) is 35.2 Å². The number of phenols is 1. The summed E-state index contributed by atoms with van der Waals surface area (Å²) in [5, 5.41) is 35.1. The molecule has 13 heteroatoms. The van der Waals surface area contributed by atoms with Gasteiger partial charge in [0.1, 0.15) is 35.4 Å². The van der Waals surface area contributed by atoms with E-state index < -0.39 is 17.6 Å². The Bertz CT molecular complexity index is 1220. The lowest BCUT2D eigenvalue weighted by atomic mass is 9.83. The highest BCUT2D eigenvalue weighted by molar-refractivity contribution is 5.97. The minimum atomic E-state index is -1.45. The van der Waals surface area contributed by atoms with Crippen LogP contribution in [0, 0.1) is 11.3 Å². The Morgan fingerprint density at radius 2 is 2.20 bits per heavy atom. The van der Waals surface area contributed by atoms with Gasteiger partial charge in [-0.1, -0.05) is 6.07 Å². The number of anilines is 1. The number of nitrogens with zero attached hydrogens (tertiary/aromatic N) is 7. The quantitative estimate of drug-likeness (QED) is 0.379. The van der Waals surface area contributed by atoms with E-state index >= 15 is 4.39 Å². The topological polar surface area (TPSA) is 160 Å². The number of aromatic nitrogens is 5. The van der Waals surface area contributed by atoms with Crippen molar-refractivity contribution in [2.45, 2.75) is 31.1 Å². The van der Waals surface area contributed by atoms with Gasteiger partial charge in [0.25, 0.3) is 5.91 Å². The second kappa shape index (κ2) is 10.1. The summed E-state index contributed by atoms with van der Waals surface area (Å²) in [7, 11) is 1.47. The number of rotatable bonds is 9. The predicted octanol–water partition coefficient (Wildman–Crippen LogP) is 1.14. The summed E-state index contributed by atoms with van der Waals surface area (Å²) in [5.41, 5.74) is 5.55. The maximum absolute atomic E-state index is 15.8. The van der Waals surface area contributed by atoms with Crippen LogP contribution in [0.5, 0.6) is 5.75 Å². The molecule has 1 fully saturated rings. The third-order valence-electron chi connectivity index (χ3n) is 6.15. The molecule has 4 N–H and O–H groups in total. The zero-order valence-electron chi connectivity index (χ0n) is 19.1. The third kappa shape index (κ3) is 4.79. The molecule has 184 valence electrons. The zero-order chi connectivity index (χ0) is 25.0. The van der Waals surface area contributed by atoms with Gasteiger partial charge >= 0.3 is 0 Å². The van der Waals surface area contributed by atoms with E-state index in [0.29, 0.717) is 18.8 Å². The lowest BCUT2D eigenvalue weighted by molar-refractivity contribution is 0.00690. The number of phenolic OH excluding ortho intramolecular Hbond substituents is 1. The second-order valence-electron chi connectivity index (χ2n) is 8.34. The molecule has 0 aliphatic carbocycles. The van der Waals surface area contributed by atoms with Crippen LogP contribution in [0.2, 0.25) is 0 Å². The van der Waals surface area contributed by atoms with E-state index in [2.05, 4.69) is 26.7 Å². The molecule has 4 rings (SSSR count). The largest absolute Gasteiger partial charge is 0.506 e. The monoisotopic (exact) mass is 483 g/mol. The maximum atomic E-state index is 15.8. The molecule has 2 aromatic heterocycles. The van der Waals surface area contributed by atoms with Gasteiger partial charge in [0.15, 0.2) is 5.82 Å². The number of likely N-dealkylation sites (tertiary alicyclic amines) is 1. The van der Waals surface area contributed by atoms with E-state index in [4.69, 9.17) is 10.5 Å². The molecule has 0 bridgehead atoms. The van der Waals surface area contributed by atoms with Crippen LogP contribution in [0.4, 0.5) is 10.2 Å². The number of nitrogens with two attached hydrogens (primary N) is 1. The summed E-state index contributed by atoms with van der Waals surface area (Å²) < 4.78 is 22.1. The van der Waals surface area contributed by atoms with Crippen LogP contribution in [0.3, 0.4) is 0 Å². The van der Waals surface area contributed by atoms with Crippen LogP contribution >= 0.6 is 0 Å². The fraction of sp³-hybridized carbons (Fsp3) is 0.409. The van der Waals surface area contributed by atoms with Crippen molar-refractivity contribution in [1.82, 2.24) is 29.7 Å². The summed E-state index contributed by atoms with van der Waals surface area (Å²) in [6.45, 7) is 0.989. The lowest BCUT2D eigenvalue weighted by Gasteiger charge is -2.43. The van der Waals surface area contributed by atoms with Crippen molar-refractivity contribution in [3.05, 3.63) is 47.9 Å². The van der Waals surface area contributed by atoms with Crippen molar-refractivity contribution < 1.29 is 19.0 Å². The Kier molecular flexibility index (Phi) is 6.94. The van der Waals surface area contributed by atoms with E-state index in [0.717, 1.165) is 5.56 Å². The molecular weight excluding hydrogens is 457 g/mol. The maximum Gasteiger partial charge on any atom is 0.254 e. The van der Waals surface area contributed by atoms with Crippen molar-refractivity contribution in [1.29, 1.82) is 5.26 Å². The van der Waals surface area contributed by atoms with Crippen LogP contribution in [0.1, 0.15) is 28.8 Å². The number of nitrogens with one attached hydrogen (secondary N) is 1. The highest BCUT2D eigenvalue weighted by Crippen LogP contribution is 2.37. The SMILES string of the molecule is COCNc1nn(C2(CC#N)CCN(Cc3ccc(-n4nccn4)c(O)c3)CC2F)cc1C(N)=O. The van der Waals surface area contributed by atoms with Gasteiger partial charge in [0.2, 0.25) is 0 Å². The molecule has 0 spiro atoms. The smallest absolute Gasteiger partial charge is 0.254 e. The fourth-order valence-electron chi connectivity index (χ4n) is 4.30. The Balaban J connectivity index is 1.52. The highest BCUT2D eigenvalue weighted by Gasteiger charge is 2.46. The molecule has 1 aliphatic rings. The Morgan fingerprint density at radius 1 is 1.43 bits per heavy atom. The van der Waals surface area contributed by atoms with Crippen LogP contribution in [-0.4, -0.2) is 73.8 Å². The third-order valence-corrected chi connectivity index (χ3v) is 6.15. The average Bonchev–Trinajstić information content (AvgIpc) is 3.50. The molecule has 1 saturated heterocycles. The van der Waals surface area contributed by atoms with Crippen molar-refractivity contribution in [3.8, 4) is 17.5 Å². The number of methoxy groups -OCH3 is 1. The van der Waals surface area contributed by atoms with Crippen molar-refractivity contribution in [2.24, 2.45) is 5.73 Å². The molecule has 2 unspecified atom stereocenters. The number of piperidine rings is 1. The molecule has 2 atom stereocenters. The molecule has 35 heavy (non-hydrogen) atoms. The number of nitriles is 1. The Hall–Kier alpha value is -4.02. The summed E-state index contributed by atoms with van der Waals surface area (Å²) in [6, 6.07) is 7.19. The second-order valence-corrected chi connectivity index (χ2v) is 8.34. The number of amides is 1. The minimum absolute atomic E-state index is 0.0120. The number of halogens is 1. The first kappa shape index (κ1) is 24.1. The van der Waals surface area contributed by atoms with E-state index in [1.807, 2.05) is 11.0 Å². The summed E-state index contributed by atoms with van der Waals surface area (Å²) >= 11 is 0. The van der Waals surface area contributed by atoms with Crippen molar-refractivity contribution in [2.75, 3.05) is 32.2 Å². The van der Waals surface area contributed by atoms with Gasteiger partial charge in [0, 0.05) is 32.9 Å². The number of hydrogen-bond acceptors (Lipinski definition) is 9. The first-order valence-electron chi connectivity index (χ1n) is 10.9. The summed E-state index contributed by atoms with van der Waals surface area (Å²) in [5.74, 6) is -0.533. The van der Waals surface area contributed by atoms with Gasteiger partial charge in [0.05, 0.1) is 24.9 Å². The predicted molar refractivity (Wildman–Crippen MR) is 122 cm³/mol. The number of benzene rings is 1. The van der Waals surface area contributed by atoms with Crippen molar-refractivity contribution in [3.63, 3.8) is 0 Å². The van der Waals surface area contributed by atoms with Crippen LogP contribution < -0.4 is 11.1 Å². The molecule has 3 heterocycles. The number of aromatic hydroxyl groups is 1.